The van der Waals surface area contributed by atoms with Crippen LogP contribution in [0.1, 0.15) is 17.3 Å². The molecule has 0 aromatic heterocycles. The van der Waals surface area contributed by atoms with Gasteiger partial charge in [-0.1, -0.05) is 12.1 Å². The molecular formula is C24H23FN2O6S. The normalized spacial score (nSPS) is 11.9. The third kappa shape index (κ3) is 5.70. The maximum atomic E-state index is 13.3. The summed E-state index contributed by atoms with van der Waals surface area (Å²) in [4.78, 5) is 24.7. The number of sulfonamides is 1. The summed E-state index contributed by atoms with van der Waals surface area (Å²) < 4.78 is 50.8. The Morgan fingerprint density at radius 3 is 2.32 bits per heavy atom. The van der Waals surface area contributed by atoms with Crippen molar-refractivity contribution in [2.75, 3.05) is 23.8 Å². The minimum atomic E-state index is -3.99. The molecule has 1 unspecified atom stereocenters. The lowest BCUT2D eigenvalue weighted by atomic mass is 10.2. The lowest BCUT2D eigenvalue weighted by Gasteiger charge is -2.20. The number of ether oxygens (including phenoxy) is 2. The number of halogens is 1. The summed E-state index contributed by atoms with van der Waals surface area (Å²) in [5, 5.41) is 2.45. The fraction of sp³-hybridized carbons (Fsp3) is 0.167. The Kier molecular flexibility index (Phi) is 7.52. The largest absolute Gasteiger partial charge is 0.497 e. The fourth-order valence-corrected chi connectivity index (χ4v) is 4.21. The van der Waals surface area contributed by atoms with Crippen molar-refractivity contribution in [1.82, 2.24) is 0 Å². The third-order valence-electron chi connectivity index (χ3n) is 4.91. The highest BCUT2D eigenvalue weighted by atomic mass is 32.2. The van der Waals surface area contributed by atoms with Crippen molar-refractivity contribution >= 4 is 33.3 Å². The minimum Gasteiger partial charge on any atom is -0.497 e. The van der Waals surface area contributed by atoms with Gasteiger partial charge in [-0.2, -0.15) is 0 Å². The van der Waals surface area contributed by atoms with Crippen LogP contribution in [0.4, 0.5) is 15.8 Å². The lowest BCUT2D eigenvalue weighted by molar-refractivity contribution is -0.123. The highest BCUT2D eigenvalue weighted by Crippen LogP contribution is 2.25. The second-order valence-corrected chi connectivity index (χ2v) is 9.21. The summed E-state index contributed by atoms with van der Waals surface area (Å²) in [7, 11) is -1.09. The SMILES string of the molecule is COc1ccc(N(C)S(=O)(=O)c2cccc(C(=O)OC(C)C(=O)Nc3cccc(F)c3)c2)cc1. The molecule has 34 heavy (non-hydrogen) atoms. The monoisotopic (exact) mass is 486 g/mol. The molecule has 3 aromatic rings. The summed E-state index contributed by atoms with van der Waals surface area (Å²) in [5.41, 5.74) is 0.564. The van der Waals surface area contributed by atoms with Gasteiger partial charge < -0.3 is 14.8 Å². The molecule has 0 aliphatic carbocycles. The standard InChI is InChI=1S/C24H23FN2O6S/c1-16(23(28)26-19-8-5-7-18(25)15-19)33-24(29)17-6-4-9-22(14-17)34(30,31)27(2)20-10-12-21(32-3)13-11-20/h4-16H,1-3H3,(H,26,28). The molecule has 3 rings (SSSR count). The first-order valence-electron chi connectivity index (χ1n) is 10.1. The van der Waals surface area contributed by atoms with Crippen LogP contribution in [0.25, 0.3) is 0 Å². The number of methoxy groups -OCH3 is 1. The van der Waals surface area contributed by atoms with E-state index < -0.39 is 33.8 Å². The van der Waals surface area contributed by atoms with Crippen molar-refractivity contribution in [3.05, 3.63) is 84.2 Å². The van der Waals surface area contributed by atoms with Crippen molar-refractivity contribution in [2.24, 2.45) is 0 Å². The maximum Gasteiger partial charge on any atom is 0.338 e. The molecule has 0 heterocycles. The first kappa shape index (κ1) is 24.7. The first-order chi connectivity index (χ1) is 16.1. The Balaban J connectivity index is 1.73. The smallest absolute Gasteiger partial charge is 0.338 e. The Bertz CT molecular complexity index is 1290. The van der Waals surface area contributed by atoms with E-state index in [1.807, 2.05) is 0 Å². The van der Waals surface area contributed by atoms with Gasteiger partial charge in [0.25, 0.3) is 15.9 Å². The van der Waals surface area contributed by atoms with Crippen molar-refractivity contribution in [3.8, 4) is 5.75 Å². The Hall–Kier alpha value is -3.92. The number of hydrogen-bond donors (Lipinski definition) is 1. The van der Waals surface area contributed by atoms with E-state index in [4.69, 9.17) is 9.47 Å². The van der Waals surface area contributed by atoms with Gasteiger partial charge in [-0.15, -0.1) is 0 Å². The van der Waals surface area contributed by atoms with Crippen LogP contribution in [0.5, 0.6) is 5.75 Å². The molecule has 1 atom stereocenters. The van der Waals surface area contributed by atoms with E-state index in [9.17, 15) is 22.4 Å². The van der Waals surface area contributed by atoms with Crippen molar-refractivity contribution < 1.29 is 31.9 Å². The quantitative estimate of drug-likeness (QED) is 0.486. The summed E-state index contributed by atoms with van der Waals surface area (Å²) >= 11 is 0. The molecule has 178 valence electrons. The van der Waals surface area contributed by atoms with Gasteiger partial charge in [0.05, 0.1) is 23.3 Å². The van der Waals surface area contributed by atoms with Gasteiger partial charge in [0.2, 0.25) is 0 Å². The lowest BCUT2D eigenvalue weighted by Crippen LogP contribution is -2.30. The van der Waals surface area contributed by atoms with Crippen molar-refractivity contribution in [2.45, 2.75) is 17.9 Å². The predicted octanol–water partition coefficient (Wildman–Crippen LogP) is 3.84. The van der Waals surface area contributed by atoms with Gasteiger partial charge in [-0.05, 0) is 67.6 Å². The van der Waals surface area contributed by atoms with Gasteiger partial charge in [-0.3, -0.25) is 9.10 Å². The minimum absolute atomic E-state index is 0.0467. The van der Waals surface area contributed by atoms with E-state index in [0.29, 0.717) is 11.4 Å². The van der Waals surface area contributed by atoms with Gasteiger partial charge in [0.1, 0.15) is 11.6 Å². The molecule has 0 aliphatic heterocycles. The highest BCUT2D eigenvalue weighted by Gasteiger charge is 2.24. The van der Waals surface area contributed by atoms with E-state index >= 15 is 0 Å². The Labute approximate surface area is 197 Å². The molecule has 8 nitrogen and oxygen atoms in total. The molecule has 0 aliphatic rings. The molecule has 1 amide bonds. The molecule has 0 fully saturated rings. The van der Waals surface area contributed by atoms with E-state index in [2.05, 4.69) is 5.32 Å². The number of nitrogens with zero attached hydrogens (tertiary/aromatic N) is 1. The van der Waals surface area contributed by atoms with Crippen LogP contribution in [-0.4, -0.2) is 40.6 Å². The summed E-state index contributed by atoms with van der Waals surface area (Å²) in [6.45, 7) is 1.35. The highest BCUT2D eigenvalue weighted by molar-refractivity contribution is 7.92. The van der Waals surface area contributed by atoms with Crippen LogP contribution in [-0.2, 0) is 19.6 Å². The van der Waals surface area contributed by atoms with Gasteiger partial charge in [0.15, 0.2) is 6.10 Å². The predicted molar refractivity (Wildman–Crippen MR) is 125 cm³/mol. The second kappa shape index (κ2) is 10.3. The number of rotatable bonds is 8. The number of carbonyl (C=O) groups is 2. The average Bonchev–Trinajstić information content (AvgIpc) is 2.83. The summed E-state index contributed by atoms with van der Waals surface area (Å²) in [6.07, 6.45) is -1.21. The van der Waals surface area contributed by atoms with E-state index in [1.54, 1.807) is 24.3 Å². The maximum absolute atomic E-state index is 13.3. The van der Waals surface area contributed by atoms with Crippen LogP contribution in [0, 0.1) is 5.82 Å². The molecule has 0 radical (unpaired) electrons. The molecule has 0 saturated heterocycles. The van der Waals surface area contributed by atoms with Crippen LogP contribution < -0.4 is 14.4 Å². The zero-order valence-corrected chi connectivity index (χ0v) is 19.5. The number of carbonyl (C=O) groups excluding carboxylic acids is 2. The van der Waals surface area contributed by atoms with E-state index in [-0.39, 0.29) is 16.1 Å². The topological polar surface area (TPSA) is 102 Å². The van der Waals surface area contributed by atoms with Crippen LogP contribution in [0.3, 0.4) is 0 Å². The summed E-state index contributed by atoms with van der Waals surface area (Å²) in [5.74, 6) is -1.50. The van der Waals surface area contributed by atoms with Crippen LogP contribution >= 0.6 is 0 Å². The van der Waals surface area contributed by atoms with Gasteiger partial charge in [-0.25, -0.2) is 17.6 Å². The molecular weight excluding hydrogens is 463 g/mol. The van der Waals surface area contributed by atoms with E-state index in [0.717, 1.165) is 10.4 Å². The second-order valence-electron chi connectivity index (χ2n) is 7.25. The zero-order chi connectivity index (χ0) is 24.9. The molecule has 0 bridgehead atoms. The molecule has 0 saturated carbocycles. The number of nitrogens with one attached hydrogen (secondary N) is 1. The third-order valence-corrected chi connectivity index (χ3v) is 6.69. The van der Waals surface area contributed by atoms with Gasteiger partial charge in [0, 0.05) is 12.7 Å². The molecule has 3 aromatic carbocycles. The molecule has 1 N–H and O–H groups in total. The van der Waals surface area contributed by atoms with Crippen LogP contribution in [0.2, 0.25) is 0 Å². The Morgan fingerprint density at radius 1 is 1.00 bits per heavy atom. The van der Waals surface area contributed by atoms with E-state index in [1.165, 1.54) is 63.5 Å². The number of benzene rings is 3. The summed E-state index contributed by atoms with van der Waals surface area (Å²) in [6, 6.07) is 17.0. The number of hydrogen-bond acceptors (Lipinski definition) is 6. The van der Waals surface area contributed by atoms with Crippen molar-refractivity contribution in [1.29, 1.82) is 0 Å². The van der Waals surface area contributed by atoms with Gasteiger partial charge >= 0.3 is 5.97 Å². The zero-order valence-electron chi connectivity index (χ0n) is 18.7. The van der Waals surface area contributed by atoms with Crippen molar-refractivity contribution in [3.63, 3.8) is 0 Å². The number of esters is 1. The fourth-order valence-electron chi connectivity index (χ4n) is 2.96. The molecule has 0 spiro atoms. The van der Waals surface area contributed by atoms with Crippen LogP contribution in [0.15, 0.2) is 77.7 Å². The average molecular weight is 487 g/mol. The number of anilines is 2. The molecule has 10 heteroatoms. The number of amides is 1. The first-order valence-corrected chi connectivity index (χ1v) is 11.6. The Morgan fingerprint density at radius 2 is 1.68 bits per heavy atom.